The molecule has 0 bridgehead atoms. The van der Waals surface area contributed by atoms with E-state index in [-0.39, 0.29) is 24.3 Å². The third-order valence-corrected chi connectivity index (χ3v) is 4.47. The predicted octanol–water partition coefficient (Wildman–Crippen LogP) is 1.08. The molecule has 1 N–H and O–H groups in total. The largest absolute Gasteiger partial charge is 0.497 e. The molecule has 132 valence electrons. The van der Waals surface area contributed by atoms with Crippen LogP contribution in [0.25, 0.3) is 0 Å². The second-order valence-corrected chi connectivity index (χ2v) is 6.34. The first-order chi connectivity index (χ1) is 11.5. The van der Waals surface area contributed by atoms with Crippen molar-refractivity contribution >= 4 is 11.8 Å². The summed E-state index contributed by atoms with van der Waals surface area (Å²) in [6, 6.07) is 7.71. The fourth-order valence-corrected chi connectivity index (χ4v) is 2.74. The number of piperazine rings is 1. The number of hydrogen-bond acceptors (Lipinski definition) is 4. The normalized spacial score (nSPS) is 16.5. The van der Waals surface area contributed by atoms with Crippen LogP contribution in [0.1, 0.15) is 24.8 Å². The third-order valence-electron chi connectivity index (χ3n) is 4.47. The van der Waals surface area contributed by atoms with Crippen molar-refractivity contribution in [2.24, 2.45) is 0 Å². The number of nitrogens with zero attached hydrogens (tertiary/aromatic N) is 2. The molecule has 1 aromatic rings. The predicted molar refractivity (Wildman–Crippen MR) is 93.1 cm³/mol. The number of amides is 2. The summed E-state index contributed by atoms with van der Waals surface area (Å²) in [7, 11) is 3.67. The fourth-order valence-electron chi connectivity index (χ4n) is 2.74. The summed E-state index contributed by atoms with van der Waals surface area (Å²) in [6.07, 6.45) is 0.363. The van der Waals surface area contributed by atoms with E-state index in [1.54, 1.807) is 7.11 Å². The highest BCUT2D eigenvalue weighted by Crippen LogP contribution is 2.21. The Balaban J connectivity index is 1.74. The van der Waals surface area contributed by atoms with Gasteiger partial charge in [0.15, 0.2) is 0 Å². The zero-order valence-corrected chi connectivity index (χ0v) is 14.7. The molecule has 6 heteroatoms. The molecule has 2 amide bonds. The van der Waals surface area contributed by atoms with Gasteiger partial charge < -0.3 is 19.9 Å². The van der Waals surface area contributed by atoms with Gasteiger partial charge in [-0.1, -0.05) is 19.1 Å². The van der Waals surface area contributed by atoms with Crippen molar-refractivity contribution in [3.8, 4) is 5.75 Å². The highest BCUT2D eigenvalue weighted by molar-refractivity contribution is 5.85. The molecule has 0 aromatic heterocycles. The lowest BCUT2D eigenvalue weighted by atomic mass is 9.97. The molecule has 1 aliphatic heterocycles. The number of hydrogen-bond donors (Lipinski definition) is 1. The molecule has 0 spiro atoms. The molecule has 0 radical (unpaired) electrons. The minimum atomic E-state index is -0.0965. The van der Waals surface area contributed by atoms with E-state index in [1.165, 1.54) is 0 Å². The van der Waals surface area contributed by atoms with Crippen molar-refractivity contribution in [3.05, 3.63) is 29.8 Å². The van der Waals surface area contributed by atoms with E-state index in [4.69, 9.17) is 4.74 Å². The third kappa shape index (κ3) is 5.23. The number of likely N-dealkylation sites (N-methyl/N-ethyl adjacent to an activating group) is 1. The Morgan fingerprint density at radius 3 is 2.38 bits per heavy atom. The van der Waals surface area contributed by atoms with Crippen LogP contribution >= 0.6 is 0 Å². The second kappa shape index (κ2) is 8.68. The minimum Gasteiger partial charge on any atom is -0.497 e. The van der Waals surface area contributed by atoms with Gasteiger partial charge >= 0.3 is 0 Å². The molecule has 1 aromatic carbocycles. The average molecular weight is 333 g/mol. The Kier molecular flexibility index (Phi) is 6.61. The molecule has 2 rings (SSSR count). The summed E-state index contributed by atoms with van der Waals surface area (Å²) in [5.41, 5.74) is 1.08. The quantitative estimate of drug-likeness (QED) is 0.846. The van der Waals surface area contributed by atoms with Gasteiger partial charge in [0.1, 0.15) is 5.75 Å². The van der Waals surface area contributed by atoms with Crippen LogP contribution in [-0.2, 0) is 9.59 Å². The Hall–Kier alpha value is -2.08. The van der Waals surface area contributed by atoms with E-state index in [0.29, 0.717) is 6.42 Å². The number of carbonyl (C=O) groups is 2. The molecule has 1 heterocycles. The molecule has 6 nitrogen and oxygen atoms in total. The Labute approximate surface area is 143 Å². The molecule has 1 aliphatic rings. The molecular formula is C18H27N3O3. The van der Waals surface area contributed by atoms with Gasteiger partial charge in [-0.05, 0) is 30.7 Å². The Morgan fingerprint density at radius 2 is 1.79 bits per heavy atom. The van der Waals surface area contributed by atoms with E-state index >= 15 is 0 Å². The molecule has 0 saturated carbocycles. The van der Waals surface area contributed by atoms with Crippen molar-refractivity contribution in [2.45, 2.75) is 19.3 Å². The first-order valence-electron chi connectivity index (χ1n) is 8.36. The van der Waals surface area contributed by atoms with Gasteiger partial charge in [-0.3, -0.25) is 9.59 Å². The van der Waals surface area contributed by atoms with Crippen LogP contribution < -0.4 is 10.1 Å². The lowest BCUT2D eigenvalue weighted by Gasteiger charge is -2.32. The van der Waals surface area contributed by atoms with Gasteiger partial charge in [0.05, 0.1) is 13.7 Å². The van der Waals surface area contributed by atoms with Gasteiger partial charge in [0, 0.05) is 32.6 Å². The smallest absolute Gasteiger partial charge is 0.242 e. The summed E-state index contributed by atoms with van der Waals surface area (Å²) in [5, 5.41) is 2.75. The van der Waals surface area contributed by atoms with E-state index in [2.05, 4.69) is 10.2 Å². The number of nitrogens with one attached hydrogen (secondary N) is 1. The topological polar surface area (TPSA) is 61.9 Å². The molecule has 1 atom stereocenters. The molecule has 0 aliphatic carbocycles. The number of ether oxygens (including phenoxy) is 1. The SMILES string of the molecule is COc1ccc(C(C)CC(=O)NCC(=O)N2CCN(C)CC2)cc1. The highest BCUT2D eigenvalue weighted by Gasteiger charge is 2.19. The van der Waals surface area contributed by atoms with E-state index in [9.17, 15) is 9.59 Å². The van der Waals surface area contributed by atoms with E-state index in [1.807, 2.05) is 43.1 Å². The molecule has 1 unspecified atom stereocenters. The number of methoxy groups -OCH3 is 1. The zero-order chi connectivity index (χ0) is 17.5. The lowest BCUT2D eigenvalue weighted by Crippen LogP contribution is -2.50. The maximum Gasteiger partial charge on any atom is 0.242 e. The van der Waals surface area contributed by atoms with Crippen molar-refractivity contribution < 1.29 is 14.3 Å². The lowest BCUT2D eigenvalue weighted by molar-refractivity contribution is -0.134. The monoisotopic (exact) mass is 333 g/mol. The maximum atomic E-state index is 12.1. The number of carbonyl (C=O) groups excluding carboxylic acids is 2. The van der Waals surface area contributed by atoms with Crippen LogP contribution in [0.15, 0.2) is 24.3 Å². The van der Waals surface area contributed by atoms with Crippen LogP contribution in [0, 0.1) is 0 Å². The number of benzene rings is 1. The highest BCUT2D eigenvalue weighted by atomic mass is 16.5. The first-order valence-corrected chi connectivity index (χ1v) is 8.36. The van der Waals surface area contributed by atoms with Crippen LogP contribution in [0.3, 0.4) is 0 Å². The van der Waals surface area contributed by atoms with Gasteiger partial charge in [0.2, 0.25) is 11.8 Å². The summed E-state index contributed by atoms with van der Waals surface area (Å²) in [5.74, 6) is 0.789. The van der Waals surface area contributed by atoms with Gasteiger partial charge in [-0.25, -0.2) is 0 Å². The summed E-state index contributed by atoms with van der Waals surface area (Å²) in [6.45, 7) is 5.31. The Morgan fingerprint density at radius 1 is 1.17 bits per heavy atom. The van der Waals surface area contributed by atoms with Gasteiger partial charge in [-0.2, -0.15) is 0 Å². The number of rotatable bonds is 6. The van der Waals surface area contributed by atoms with Gasteiger partial charge in [0.25, 0.3) is 0 Å². The summed E-state index contributed by atoms with van der Waals surface area (Å²) in [4.78, 5) is 28.2. The molecule has 1 saturated heterocycles. The average Bonchev–Trinajstić information content (AvgIpc) is 2.60. The fraction of sp³-hybridized carbons (Fsp3) is 0.556. The van der Waals surface area contributed by atoms with Gasteiger partial charge in [-0.15, -0.1) is 0 Å². The standard InChI is InChI=1S/C18H27N3O3/c1-14(15-4-6-16(24-3)7-5-15)12-17(22)19-13-18(23)21-10-8-20(2)9-11-21/h4-7,14H,8-13H2,1-3H3,(H,19,22). The first kappa shape index (κ1) is 18.3. The molecule has 24 heavy (non-hydrogen) atoms. The summed E-state index contributed by atoms with van der Waals surface area (Å²) >= 11 is 0. The van der Waals surface area contributed by atoms with Crippen molar-refractivity contribution in [1.29, 1.82) is 0 Å². The van der Waals surface area contributed by atoms with Crippen LogP contribution in [0.5, 0.6) is 5.75 Å². The van der Waals surface area contributed by atoms with E-state index in [0.717, 1.165) is 37.5 Å². The van der Waals surface area contributed by atoms with Crippen LogP contribution in [0.4, 0.5) is 0 Å². The van der Waals surface area contributed by atoms with Crippen LogP contribution in [0.2, 0.25) is 0 Å². The molecule has 1 fully saturated rings. The molecular weight excluding hydrogens is 306 g/mol. The van der Waals surface area contributed by atoms with Crippen molar-refractivity contribution in [1.82, 2.24) is 15.1 Å². The second-order valence-electron chi connectivity index (χ2n) is 6.34. The van der Waals surface area contributed by atoms with Crippen molar-refractivity contribution in [3.63, 3.8) is 0 Å². The van der Waals surface area contributed by atoms with Crippen molar-refractivity contribution in [2.75, 3.05) is 46.9 Å². The van der Waals surface area contributed by atoms with E-state index < -0.39 is 0 Å². The minimum absolute atomic E-state index is 0.00597. The maximum absolute atomic E-state index is 12.1. The zero-order valence-electron chi connectivity index (χ0n) is 14.7. The van der Waals surface area contributed by atoms with Crippen LogP contribution in [-0.4, -0.2) is 68.5 Å². The summed E-state index contributed by atoms with van der Waals surface area (Å²) < 4.78 is 5.13. The Bertz CT molecular complexity index is 551.